The zero-order valence-corrected chi connectivity index (χ0v) is 12.0. The Morgan fingerprint density at radius 3 is 2.60 bits per heavy atom. The fourth-order valence-electron chi connectivity index (χ4n) is 2.18. The Hall–Kier alpha value is -1.72. The number of allylic oxidation sites excluding steroid dienone is 1. The van der Waals surface area contributed by atoms with Crippen LogP contribution in [-0.4, -0.2) is 34.5 Å². The largest absolute Gasteiger partial charge is 0.353 e. The molecule has 5 nitrogen and oxygen atoms in total. The van der Waals surface area contributed by atoms with Gasteiger partial charge in [-0.05, 0) is 26.0 Å². The molecule has 1 unspecified atom stereocenters. The quantitative estimate of drug-likeness (QED) is 0.549. The van der Waals surface area contributed by atoms with E-state index in [0.29, 0.717) is 19.6 Å². The van der Waals surface area contributed by atoms with E-state index in [1.165, 1.54) is 0 Å². The Morgan fingerprint density at radius 1 is 1.25 bits per heavy atom. The Kier molecular flexibility index (Phi) is 5.26. The predicted molar refractivity (Wildman–Crippen MR) is 78.4 cm³/mol. The summed E-state index contributed by atoms with van der Waals surface area (Å²) in [4.78, 5) is 0. The Balaban J connectivity index is 2.20. The second kappa shape index (κ2) is 7.17. The molecule has 1 atom stereocenters. The number of benzene rings is 1. The number of aromatic nitrogens is 3. The van der Waals surface area contributed by atoms with E-state index in [1.54, 1.807) is 0 Å². The highest BCUT2D eigenvalue weighted by Gasteiger charge is 2.18. The van der Waals surface area contributed by atoms with Crippen LogP contribution in [0.3, 0.4) is 0 Å². The molecule has 0 fully saturated rings. The summed E-state index contributed by atoms with van der Waals surface area (Å²) < 4.78 is 13.1. The van der Waals surface area contributed by atoms with E-state index in [9.17, 15) is 0 Å². The van der Waals surface area contributed by atoms with Gasteiger partial charge in [-0.3, -0.25) is 0 Å². The molecule has 0 bridgehead atoms. The van der Waals surface area contributed by atoms with Gasteiger partial charge < -0.3 is 9.47 Å². The van der Waals surface area contributed by atoms with Gasteiger partial charge in [-0.1, -0.05) is 23.4 Å². The van der Waals surface area contributed by atoms with Gasteiger partial charge in [0.25, 0.3) is 0 Å². The number of rotatable bonds is 8. The molecule has 0 radical (unpaired) electrons. The summed E-state index contributed by atoms with van der Waals surface area (Å²) in [6.45, 7) is 9.05. The molecule has 5 heteroatoms. The van der Waals surface area contributed by atoms with Crippen molar-refractivity contribution in [1.29, 1.82) is 0 Å². The molecule has 0 N–H and O–H groups in total. The lowest BCUT2D eigenvalue weighted by Crippen LogP contribution is -2.23. The highest BCUT2D eigenvalue weighted by molar-refractivity contribution is 5.74. The summed E-state index contributed by atoms with van der Waals surface area (Å²) in [6, 6.07) is 7.87. The standard InChI is InChI=1S/C15H21N3O2/c1-4-12(11-15(19-5-2)20-6-3)18-14-10-8-7-9-13(14)16-17-18/h4,7-10,12,15H,1,5-6,11H2,2-3H3. The van der Waals surface area contributed by atoms with Crippen molar-refractivity contribution in [1.82, 2.24) is 15.0 Å². The summed E-state index contributed by atoms with van der Waals surface area (Å²) in [6.07, 6.45) is 2.26. The van der Waals surface area contributed by atoms with Crippen molar-refractivity contribution in [3.8, 4) is 0 Å². The topological polar surface area (TPSA) is 49.2 Å². The average molecular weight is 275 g/mol. The molecule has 1 aromatic carbocycles. The Morgan fingerprint density at radius 2 is 1.95 bits per heavy atom. The molecule has 0 saturated carbocycles. The number of fused-ring (bicyclic) bond motifs is 1. The highest BCUT2D eigenvalue weighted by Crippen LogP contribution is 2.21. The monoisotopic (exact) mass is 275 g/mol. The second-order valence-electron chi connectivity index (χ2n) is 4.40. The minimum absolute atomic E-state index is 0.00880. The predicted octanol–water partition coefficient (Wildman–Crippen LogP) is 2.95. The van der Waals surface area contributed by atoms with Crippen LogP contribution in [0.25, 0.3) is 11.0 Å². The van der Waals surface area contributed by atoms with Crippen LogP contribution < -0.4 is 0 Å². The van der Waals surface area contributed by atoms with Crippen LogP contribution >= 0.6 is 0 Å². The first kappa shape index (κ1) is 14.7. The Labute approximate surface area is 119 Å². The van der Waals surface area contributed by atoms with Crippen molar-refractivity contribution >= 4 is 11.0 Å². The summed E-state index contributed by atoms with van der Waals surface area (Å²) in [5, 5.41) is 8.39. The molecule has 0 aliphatic carbocycles. The van der Waals surface area contributed by atoms with Gasteiger partial charge in [0.2, 0.25) is 0 Å². The molecule has 1 heterocycles. The minimum atomic E-state index is -0.254. The molecule has 1 aromatic heterocycles. The van der Waals surface area contributed by atoms with Crippen LogP contribution in [0.4, 0.5) is 0 Å². The number of hydrogen-bond donors (Lipinski definition) is 0. The zero-order valence-electron chi connectivity index (χ0n) is 12.0. The van der Waals surface area contributed by atoms with Crippen LogP contribution in [0.1, 0.15) is 26.3 Å². The van der Waals surface area contributed by atoms with Crippen LogP contribution in [-0.2, 0) is 9.47 Å². The fourth-order valence-corrected chi connectivity index (χ4v) is 2.18. The van der Waals surface area contributed by atoms with Gasteiger partial charge in [0.05, 0.1) is 11.6 Å². The van der Waals surface area contributed by atoms with Gasteiger partial charge >= 0.3 is 0 Å². The second-order valence-corrected chi connectivity index (χ2v) is 4.40. The van der Waals surface area contributed by atoms with Crippen molar-refractivity contribution in [2.45, 2.75) is 32.6 Å². The molecule has 0 amide bonds. The maximum absolute atomic E-state index is 5.59. The third-order valence-corrected chi connectivity index (χ3v) is 3.10. The molecule has 20 heavy (non-hydrogen) atoms. The molecule has 0 aliphatic heterocycles. The van der Waals surface area contributed by atoms with Crippen LogP contribution in [0.2, 0.25) is 0 Å². The maximum Gasteiger partial charge on any atom is 0.159 e. The average Bonchev–Trinajstić information content (AvgIpc) is 2.89. The van der Waals surface area contributed by atoms with Gasteiger partial charge in [-0.2, -0.15) is 0 Å². The lowest BCUT2D eigenvalue weighted by atomic mass is 10.2. The maximum atomic E-state index is 5.59. The Bertz CT molecular complexity index is 547. The SMILES string of the molecule is C=CC(CC(OCC)OCC)n1nnc2ccccc21. The van der Waals surface area contributed by atoms with Crippen molar-refractivity contribution in [3.63, 3.8) is 0 Å². The van der Waals surface area contributed by atoms with Crippen molar-refractivity contribution < 1.29 is 9.47 Å². The number of nitrogens with zero attached hydrogens (tertiary/aromatic N) is 3. The van der Waals surface area contributed by atoms with Crippen molar-refractivity contribution in [2.75, 3.05) is 13.2 Å². The first-order valence-electron chi connectivity index (χ1n) is 6.95. The molecule has 0 aliphatic rings. The van der Waals surface area contributed by atoms with E-state index >= 15 is 0 Å². The normalized spacial score (nSPS) is 12.9. The van der Waals surface area contributed by atoms with Crippen LogP contribution in [0.15, 0.2) is 36.9 Å². The molecular weight excluding hydrogens is 254 g/mol. The first-order valence-corrected chi connectivity index (χ1v) is 6.95. The van der Waals surface area contributed by atoms with E-state index in [1.807, 2.05) is 48.9 Å². The summed E-state index contributed by atoms with van der Waals surface area (Å²) in [7, 11) is 0. The zero-order chi connectivity index (χ0) is 14.4. The number of hydrogen-bond acceptors (Lipinski definition) is 4. The molecule has 2 rings (SSSR count). The lowest BCUT2D eigenvalue weighted by Gasteiger charge is -2.21. The van der Waals surface area contributed by atoms with Gasteiger partial charge in [0, 0.05) is 19.6 Å². The van der Waals surface area contributed by atoms with Gasteiger partial charge in [0.1, 0.15) is 5.52 Å². The van der Waals surface area contributed by atoms with E-state index in [-0.39, 0.29) is 12.3 Å². The summed E-state index contributed by atoms with van der Waals surface area (Å²) in [5.41, 5.74) is 1.87. The van der Waals surface area contributed by atoms with E-state index in [0.717, 1.165) is 11.0 Å². The molecule has 0 spiro atoms. The van der Waals surface area contributed by atoms with Crippen LogP contribution in [0, 0.1) is 0 Å². The van der Waals surface area contributed by atoms with Crippen molar-refractivity contribution in [2.24, 2.45) is 0 Å². The van der Waals surface area contributed by atoms with Gasteiger partial charge in [0.15, 0.2) is 6.29 Å². The van der Waals surface area contributed by atoms with E-state index in [2.05, 4.69) is 16.9 Å². The molecular formula is C15H21N3O2. The van der Waals surface area contributed by atoms with Crippen molar-refractivity contribution in [3.05, 3.63) is 36.9 Å². The number of ether oxygens (including phenoxy) is 2. The number of para-hydroxylation sites is 1. The highest BCUT2D eigenvalue weighted by atomic mass is 16.7. The first-order chi connectivity index (χ1) is 9.80. The van der Waals surface area contributed by atoms with Crippen LogP contribution in [0.5, 0.6) is 0 Å². The molecule has 2 aromatic rings. The summed E-state index contributed by atoms with van der Waals surface area (Å²) in [5.74, 6) is 0. The van der Waals surface area contributed by atoms with E-state index < -0.39 is 0 Å². The fraction of sp³-hybridized carbons (Fsp3) is 0.467. The van der Waals surface area contributed by atoms with Gasteiger partial charge in [-0.25, -0.2) is 4.68 Å². The lowest BCUT2D eigenvalue weighted by molar-refractivity contribution is -0.143. The third-order valence-electron chi connectivity index (χ3n) is 3.10. The third kappa shape index (κ3) is 3.23. The smallest absolute Gasteiger partial charge is 0.159 e. The minimum Gasteiger partial charge on any atom is -0.353 e. The molecule has 0 saturated heterocycles. The summed E-state index contributed by atoms with van der Waals surface area (Å²) >= 11 is 0. The van der Waals surface area contributed by atoms with Gasteiger partial charge in [-0.15, -0.1) is 11.7 Å². The van der Waals surface area contributed by atoms with E-state index in [4.69, 9.17) is 9.47 Å². The molecule has 108 valence electrons.